The van der Waals surface area contributed by atoms with E-state index in [-0.39, 0.29) is 11.9 Å². The van der Waals surface area contributed by atoms with Crippen LogP contribution < -0.4 is 10.6 Å². The number of nitrogens with one attached hydrogen (secondary N) is 2. The van der Waals surface area contributed by atoms with Crippen LogP contribution in [0.15, 0.2) is 0 Å². The number of hydrogen-bond donors (Lipinski definition) is 2. The van der Waals surface area contributed by atoms with Crippen molar-refractivity contribution >= 4 is 5.91 Å². The van der Waals surface area contributed by atoms with Crippen LogP contribution in [0.1, 0.15) is 34.1 Å². The minimum atomic E-state index is 0.108. The standard InChI is InChI=1S/C14H29N3O2/c1-5-17(9-14(18)16-11(2)3)12(4)8-13-10-19-7-6-15-13/h11-13,15H,5-10H2,1-4H3,(H,16,18). The number of nitrogens with zero attached hydrogens (tertiary/aromatic N) is 1. The predicted molar refractivity (Wildman–Crippen MR) is 77.2 cm³/mol. The zero-order chi connectivity index (χ0) is 14.3. The molecule has 1 saturated heterocycles. The molecule has 0 radical (unpaired) electrons. The number of rotatable bonds is 7. The summed E-state index contributed by atoms with van der Waals surface area (Å²) >= 11 is 0. The van der Waals surface area contributed by atoms with Gasteiger partial charge in [-0.05, 0) is 33.7 Å². The second-order valence-electron chi connectivity index (χ2n) is 5.60. The fraction of sp³-hybridized carbons (Fsp3) is 0.929. The van der Waals surface area contributed by atoms with E-state index in [0.29, 0.717) is 18.6 Å². The van der Waals surface area contributed by atoms with Crippen LogP contribution >= 0.6 is 0 Å². The maximum absolute atomic E-state index is 11.8. The van der Waals surface area contributed by atoms with Gasteiger partial charge in [-0.15, -0.1) is 0 Å². The topological polar surface area (TPSA) is 53.6 Å². The SMILES string of the molecule is CCN(CC(=O)NC(C)C)C(C)CC1COCCN1. The number of carbonyl (C=O) groups excluding carboxylic acids is 1. The number of amides is 1. The van der Waals surface area contributed by atoms with Crippen LogP contribution in [0.5, 0.6) is 0 Å². The second kappa shape index (κ2) is 8.51. The third-order valence-corrected chi connectivity index (χ3v) is 3.45. The molecule has 1 heterocycles. The normalized spacial score (nSPS) is 21.7. The minimum absolute atomic E-state index is 0.108. The number of morpholine rings is 1. The Morgan fingerprint density at radius 2 is 2.21 bits per heavy atom. The molecule has 2 atom stereocenters. The van der Waals surface area contributed by atoms with Gasteiger partial charge < -0.3 is 15.4 Å². The van der Waals surface area contributed by atoms with E-state index in [1.165, 1.54) is 0 Å². The molecule has 0 aliphatic carbocycles. The first-order valence-corrected chi connectivity index (χ1v) is 7.37. The fourth-order valence-corrected chi connectivity index (χ4v) is 2.46. The Bertz CT molecular complexity index is 265. The van der Waals surface area contributed by atoms with Gasteiger partial charge in [-0.3, -0.25) is 9.69 Å². The predicted octanol–water partition coefficient (Wildman–Crippen LogP) is 0.600. The maximum atomic E-state index is 11.8. The van der Waals surface area contributed by atoms with Crippen LogP contribution in [0.25, 0.3) is 0 Å². The molecule has 1 amide bonds. The first kappa shape index (κ1) is 16.4. The highest BCUT2D eigenvalue weighted by Crippen LogP contribution is 2.09. The quantitative estimate of drug-likeness (QED) is 0.712. The number of ether oxygens (including phenoxy) is 1. The molecule has 1 aliphatic rings. The van der Waals surface area contributed by atoms with Crippen LogP contribution in [0.2, 0.25) is 0 Å². The van der Waals surface area contributed by atoms with E-state index in [0.717, 1.165) is 32.7 Å². The summed E-state index contributed by atoms with van der Waals surface area (Å²) in [6.45, 7) is 12.1. The van der Waals surface area contributed by atoms with Crippen LogP contribution in [0, 0.1) is 0 Å². The van der Waals surface area contributed by atoms with Gasteiger partial charge in [0.15, 0.2) is 0 Å². The molecule has 0 bridgehead atoms. The number of hydrogen-bond acceptors (Lipinski definition) is 4. The van der Waals surface area contributed by atoms with Gasteiger partial charge in [-0.2, -0.15) is 0 Å². The largest absolute Gasteiger partial charge is 0.379 e. The van der Waals surface area contributed by atoms with Gasteiger partial charge in [-0.25, -0.2) is 0 Å². The molecule has 0 aromatic carbocycles. The van der Waals surface area contributed by atoms with Crippen molar-refractivity contribution in [1.82, 2.24) is 15.5 Å². The average Bonchev–Trinajstić information content (AvgIpc) is 2.36. The average molecular weight is 271 g/mol. The smallest absolute Gasteiger partial charge is 0.234 e. The Hall–Kier alpha value is -0.650. The first-order chi connectivity index (χ1) is 9.02. The summed E-state index contributed by atoms with van der Waals surface area (Å²) in [6, 6.07) is 0.989. The molecule has 0 aromatic heterocycles. The maximum Gasteiger partial charge on any atom is 0.234 e. The molecule has 0 saturated carbocycles. The van der Waals surface area contributed by atoms with Crippen molar-refractivity contribution in [3.63, 3.8) is 0 Å². The summed E-state index contributed by atoms with van der Waals surface area (Å²) < 4.78 is 5.47. The summed E-state index contributed by atoms with van der Waals surface area (Å²) in [7, 11) is 0. The van der Waals surface area contributed by atoms with E-state index in [9.17, 15) is 4.79 Å². The molecule has 2 N–H and O–H groups in total. The lowest BCUT2D eigenvalue weighted by Crippen LogP contribution is -2.48. The van der Waals surface area contributed by atoms with Crippen molar-refractivity contribution in [3.8, 4) is 0 Å². The van der Waals surface area contributed by atoms with Crippen LogP contribution in [-0.4, -0.2) is 61.8 Å². The molecule has 1 aliphatic heterocycles. The molecular weight excluding hydrogens is 242 g/mol. The van der Waals surface area contributed by atoms with E-state index in [1.807, 2.05) is 13.8 Å². The Kier molecular flexibility index (Phi) is 7.34. The summed E-state index contributed by atoms with van der Waals surface area (Å²) in [5, 5.41) is 6.41. The lowest BCUT2D eigenvalue weighted by Gasteiger charge is -2.32. The molecule has 0 aromatic rings. The third kappa shape index (κ3) is 6.36. The van der Waals surface area contributed by atoms with Gasteiger partial charge >= 0.3 is 0 Å². The highest BCUT2D eigenvalue weighted by Gasteiger charge is 2.21. The van der Waals surface area contributed by atoms with Gasteiger partial charge in [0.2, 0.25) is 5.91 Å². The Morgan fingerprint density at radius 1 is 1.47 bits per heavy atom. The molecule has 112 valence electrons. The fourth-order valence-electron chi connectivity index (χ4n) is 2.46. The number of likely N-dealkylation sites (N-methyl/N-ethyl adjacent to an activating group) is 1. The zero-order valence-electron chi connectivity index (χ0n) is 12.7. The van der Waals surface area contributed by atoms with Crippen molar-refractivity contribution in [2.24, 2.45) is 0 Å². The second-order valence-corrected chi connectivity index (χ2v) is 5.60. The highest BCUT2D eigenvalue weighted by molar-refractivity contribution is 5.78. The molecule has 0 spiro atoms. The third-order valence-electron chi connectivity index (χ3n) is 3.45. The van der Waals surface area contributed by atoms with Crippen LogP contribution in [-0.2, 0) is 9.53 Å². The van der Waals surface area contributed by atoms with E-state index >= 15 is 0 Å². The van der Waals surface area contributed by atoms with E-state index in [4.69, 9.17) is 4.74 Å². The van der Waals surface area contributed by atoms with Gasteiger partial charge in [0.1, 0.15) is 0 Å². The molecular formula is C14H29N3O2. The monoisotopic (exact) mass is 271 g/mol. The number of carbonyl (C=O) groups is 1. The van der Waals surface area contributed by atoms with E-state index < -0.39 is 0 Å². The Labute approximate surface area is 117 Å². The molecule has 1 fully saturated rings. The van der Waals surface area contributed by atoms with Crippen molar-refractivity contribution in [3.05, 3.63) is 0 Å². The van der Waals surface area contributed by atoms with Gasteiger partial charge in [0.25, 0.3) is 0 Å². The lowest BCUT2D eigenvalue weighted by molar-refractivity contribution is -0.123. The summed E-state index contributed by atoms with van der Waals surface area (Å²) in [4.78, 5) is 14.0. The summed E-state index contributed by atoms with van der Waals surface area (Å²) in [5.74, 6) is 0.108. The van der Waals surface area contributed by atoms with Crippen molar-refractivity contribution in [2.75, 3.05) is 32.8 Å². The van der Waals surface area contributed by atoms with Crippen molar-refractivity contribution < 1.29 is 9.53 Å². The molecule has 1 rings (SSSR count). The van der Waals surface area contributed by atoms with Gasteiger partial charge in [0, 0.05) is 24.7 Å². The highest BCUT2D eigenvalue weighted by atomic mass is 16.5. The molecule has 5 nitrogen and oxygen atoms in total. The lowest BCUT2D eigenvalue weighted by atomic mass is 10.1. The van der Waals surface area contributed by atoms with E-state index in [1.54, 1.807) is 0 Å². The van der Waals surface area contributed by atoms with Gasteiger partial charge in [0.05, 0.1) is 19.8 Å². The van der Waals surface area contributed by atoms with Crippen LogP contribution in [0.3, 0.4) is 0 Å². The van der Waals surface area contributed by atoms with E-state index in [2.05, 4.69) is 29.4 Å². The molecule has 19 heavy (non-hydrogen) atoms. The minimum Gasteiger partial charge on any atom is -0.379 e. The van der Waals surface area contributed by atoms with Crippen LogP contribution in [0.4, 0.5) is 0 Å². The van der Waals surface area contributed by atoms with Gasteiger partial charge in [-0.1, -0.05) is 6.92 Å². The Balaban J connectivity index is 2.37. The van der Waals surface area contributed by atoms with Crippen molar-refractivity contribution in [1.29, 1.82) is 0 Å². The first-order valence-electron chi connectivity index (χ1n) is 7.37. The molecule has 2 unspecified atom stereocenters. The summed E-state index contributed by atoms with van der Waals surface area (Å²) in [5.41, 5.74) is 0. The molecule has 5 heteroatoms. The summed E-state index contributed by atoms with van der Waals surface area (Å²) in [6.07, 6.45) is 1.02. The zero-order valence-corrected chi connectivity index (χ0v) is 12.7. The Morgan fingerprint density at radius 3 is 2.74 bits per heavy atom. The van der Waals surface area contributed by atoms with Crippen molar-refractivity contribution in [2.45, 2.75) is 52.2 Å².